The molecule has 0 fully saturated rings. The highest BCUT2D eigenvalue weighted by Gasteiger charge is 2.21. The Kier molecular flexibility index (Phi) is 6.79. The van der Waals surface area contributed by atoms with Crippen LogP contribution in [-0.2, 0) is 29.3 Å². The van der Waals surface area contributed by atoms with Gasteiger partial charge in [-0.15, -0.1) is 11.3 Å². The van der Waals surface area contributed by atoms with Gasteiger partial charge in [0.2, 0.25) is 5.88 Å². The maximum absolute atomic E-state index is 13.0. The van der Waals surface area contributed by atoms with Gasteiger partial charge >= 0.3 is 0 Å². The molecule has 1 aromatic carbocycles. The van der Waals surface area contributed by atoms with Crippen LogP contribution in [0.1, 0.15) is 32.4 Å². The number of carbonyl (C=O) groups is 1. The van der Waals surface area contributed by atoms with E-state index in [1.54, 1.807) is 20.5 Å². The fourth-order valence-corrected chi connectivity index (χ4v) is 4.38. The second-order valence-corrected chi connectivity index (χ2v) is 8.04. The van der Waals surface area contributed by atoms with Crippen LogP contribution in [-0.4, -0.2) is 30.1 Å². The van der Waals surface area contributed by atoms with E-state index in [4.69, 9.17) is 18.6 Å². The summed E-state index contributed by atoms with van der Waals surface area (Å²) in [6.07, 6.45) is 1.62. The largest absolute Gasteiger partial charge is 0.480 e. The Bertz CT molecular complexity index is 1220. The first-order valence-electron chi connectivity index (χ1n) is 9.92. The number of amides is 1. The minimum atomic E-state index is -0.213. The maximum atomic E-state index is 13.0. The van der Waals surface area contributed by atoms with E-state index in [0.717, 1.165) is 22.3 Å². The molecule has 3 heterocycles. The smallest absolute Gasteiger partial charge is 0.266 e. The van der Waals surface area contributed by atoms with Crippen molar-refractivity contribution in [2.45, 2.75) is 26.7 Å². The first kappa shape index (κ1) is 21.9. The fourth-order valence-electron chi connectivity index (χ4n) is 3.29. The Hall–Kier alpha value is -3.27. The number of furan rings is 1. The van der Waals surface area contributed by atoms with E-state index in [9.17, 15) is 4.79 Å². The minimum Gasteiger partial charge on any atom is -0.480 e. The lowest BCUT2D eigenvalue weighted by Crippen LogP contribution is -2.11. The third kappa shape index (κ3) is 4.80. The summed E-state index contributed by atoms with van der Waals surface area (Å²) in [6.45, 7) is 2.92. The summed E-state index contributed by atoms with van der Waals surface area (Å²) in [5.74, 6) is 1.49. The number of aryl methyl sites for hydroxylation is 1. The van der Waals surface area contributed by atoms with Crippen molar-refractivity contribution in [1.82, 2.24) is 9.97 Å². The van der Waals surface area contributed by atoms with Crippen LogP contribution in [0.4, 0.5) is 5.69 Å². The van der Waals surface area contributed by atoms with Gasteiger partial charge in [-0.3, -0.25) is 4.79 Å². The Morgan fingerprint density at radius 2 is 2.00 bits per heavy atom. The van der Waals surface area contributed by atoms with Crippen LogP contribution in [0.15, 0.2) is 47.1 Å². The van der Waals surface area contributed by atoms with E-state index in [0.29, 0.717) is 40.3 Å². The predicted molar refractivity (Wildman–Crippen MR) is 121 cm³/mol. The van der Waals surface area contributed by atoms with Crippen LogP contribution >= 0.6 is 11.3 Å². The van der Waals surface area contributed by atoms with Crippen molar-refractivity contribution in [2.75, 3.05) is 19.5 Å². The predicted octanol–water partition coefficient (Wildman–Crippen LogP) is 4.72. The van der Waals surface area contributed by atoms with Gasteiger partial charge in [0.25, 0.3) is 5.91 Å². The number of benzene rings is 1. The second-order valence-electron chi connectivity index (χ2n) is 7.05. The molecule has 0 bridgehead atoms. The SMILES string of the molecule is COCc1nc(OC)c2c(C)c(C(=O)Nc3cccc(COCc4ccco4)c3)sc2n1. The standard InChI is InChI=1S/C23H23N3O5S/c1-14-19-22(29-3)25-18(13-28-2)26-23(19)32-20(14)21(27)24-16-7-4-6-15(10-16)11-30-12-17-8-5-9-31-17/h4-10H,11-13H2,1-3H3,(H,24,27). The number of hydrogen-bond donors (Lipinski definition) is 1. The second kappa shape index (κ2) is 9.90. The van der Waals surface area contributed by atoms with E-state index in [-0.39, 0.29) is 12.5 Å². The summed E-state index contributed by atoms with van der Waals surface area (Å²) in [5, 5.41) is 3.70. The molecule has 4 rings (SSSR count). The number of nitrogens with one attached hydrogen (secondary N) is 1. The topological polar surface area (TPSA) is 95.7 Å². The molecule has 1 amide bonds. The normalized spacial score (nSPS) is 11.1. The first-order valence-corrected chi connectivity index (χ1v) is 10.7. The number of hydrogen-bond acceptors (Lipinski definition) is 8. The van der Waals surface area contributed by atoms with Crippen LogP contribution in [0.2, 0.25) is 0 Å². The zero-order valence-electron chi connectivity index (χ0n) is 18.0. The van der Waals surface area contributed by atoms with Crippen LogP contribution in [0.25, 0.3) is 10.2 Å². The third-order valence-corrected chi connectivity index (χ3v) is 5.94. The lowest BCUT2D eigenvalue weighted by atomic mass is 10.2. The van der Waals surface area contributed by atoms with Crippen LogP contribution in [0, 0.1) is 6.92 Å². The van der Waals surface area contributed by atoms with E-state index in [1.807, 2.05) is 43.3 Å². The number of methoxy groups -OCH3 is 2. The molecule has 0 unspecified atom stereocenters. The molecule has 0 radical (unpaired) electrons. The molecule has 166 valence electrons. The Labute approximate surface area is 189 Å². The molecule has 0 saturated carbocycles. The summed E-state index contributed by atoms with van der Waals surface area (Å²) >= 11 is 1.30. The highest BCUT2D eigenvalue weighted by molar-refractivity contribution is 7.20. The number of thiophene rings is 1. The summed E-state index contributed by atoms with van der Waals surface area (Å²) in [4.78, 5) is 23.2. The van der Waals surface area contributed by atoms with Gasteiger partial charge in [0.05, 0.1) is 30.2 Å². The van der Waals surface area contributed by atoms with Crippen molar-refractivity contribution in [1.29, 1.82) is 0 Å². The van der Waals surface area contributed by atoms with E-state index >= 15 is 0 Å². The van der Waals surface area contributed by atoms with Crippen LogP contribution in [0.5, 0.6) is 5.88 Å². The van der Waals surface area contributed by atoms with Gasteiger partial charge in [0.1, 0.15) is 23.8 Å². The van der Waals surface area contributed by atoms with Crippen molar-refractivity contribution >= 4 is 33.1 Å². The molecule has 0 atom stereocenters. The summed E-state index contributed by atoms with van der Waals surface area (Å²) in [6, 6.07) is 11.2. The minimum absolute atomic E-state index is 0.213. The molecule has 9 heteroatoms. The molecule has 1 N–H and O–H groups in total. The highest BCUT2D eigenvalue weighted by Crippen LogP contribution is 2.35. The molecule has 32 heavy (non-hydrogen) atoms. The molecular formula is C23H23N3O5S. The van der Waals surface area contributed by atoms with Crippen LogP contribution in [0.3, 0.4) is 0 Å². The number of fused-ring (bicyclic) bond motifs is 1. The lowest BCUT2D eigenvalue weighted by Gasteiger charge is -2.08. The molecule has 0 aliphatic rings. The monoisotopic (exact) mass is 453 g/mol. The number of aromatic nitrogens is 2. The lowest BCUT2D eigenvalue weighted by molar-refractivity contribution is 0.0929. The molecule has 4 aromatic rings. The summed E-state index contributed by atoms with van der Waals surface area (Å²) in [5.41, 5.74) is 2.41. The summed E-state index contributed by atoms with van der Waals surface area (Å²) in [7, 11) is 3.13. The molecule has 0 aliphatic carbocycles. The zero-order chi connectivity index (χ0) is 22.5. The molecule has 0 spiro atoms. The van der Waals surface area contributed by atoms with Gasteiger partial charge in [-0.25, -0.2) is 4.98 Å². The van der Waals surface area contributed by atoms with Gasteiger partial charge < -0.3 is 23.9 Å². The van der Waals surface area contributed by atoms with Crippen molar-refractivity contribution in [3.05, 3.63) is 70.3 Å². The average molecular weight is 454 g/mol. The van der Waals surface area contributed by atoms with E-state index in [2.05, 4.69) is 15.3 Å². The highest BCUT2D eigenvalue weighted by atomic mass is 32.1. The summed E-state index contributed by atoms with van der Waals surface area (Å²) < 4.78 is 21.5. The number of nitrogens with zero attached hydrogens (tertiary/aromatic N) is 2. The molecule has 8 nitrogen and oxygen atoms in total. The van der Waals surface area contributed by atoms with Gasteiger partial charge in [-0.05, 0) is 42.3 Å². The molecule has 3 aromatic heterocycles. The molecule has 0 saturated heterocycles. The number of rotatable bonds is 9. The Morgan fingerprint density at radius 3 is 2.75 bits per heavy atom. The van der Waals surface area contributed by atoms with Crippen LogP contribution < -0.4 is 10.1 Å². The van der Waals surface area contributed by atoms with Crippen molar-refractivity contribution in [2.24, 2.45) is 0 Å². The van der Waals surface area contributed by atoms with Crippen molar-refractivity contribution in [3.63, 3.8) is 0 Å². The van der Waals surface area contributed by atoms with E-state index < -0.39 is 0 Å². The fraction of sp³-hybridized carbons (Fsp3) is 0.261. The third-order valence-electron chi connectivity index (χ3n) is 4.75. The Morgan fingerprint density at radius 1 is 1.12 bits per heavy atom. The van der Waals surface area contributed by atoms with Crippen molar-refractivity contribution < 1.29 is 23.4 Å². The Balaban J connectivity index is 1.50. The van der Waals surface area contributed by atoms with Crippen molar-refractivity contribution in [3.8, 4) is 5.88 Å². The zero-order valence-corrected chi connectivity index (χ0v) is 18.8. The molecule has 0 aliphatic heterocycles. The number of anilines is 1. The van der Waals surface area contributed by atoms with Gasteiger partial charge in [-0.1, -0.05) is 12.1 Å². The van der Waals surface area contributed by atoms with Gasteiger partial charge in [0, 0.05) is 12.8 Å². The van der Waals surface area contributed by atoms with E-state index in [1.165, 1.54) is 11.3 Å². The number of carbonyl (C=O) groups excluding carboxylic acids is 1. The first-order chi connectivity index (χ1) is 15.6. The maximum Gasteiger partial charge on any atom is 0.266 e. The molecular weight excluding hydrogens is 430 g/mol. The number of ether oxygens (including phenoxy) is 3. The van der Waals surface area contributed by atoms with Gasteiger partial charge in [-0.2, -0.15) is 4.98 Å². The average Bonchev–Trinajstić information content (AvgIpc) is 3.42. The quantitative estimate of drug-likeness (QED) is 0.392. The van der Waals surface area contributed by atoms with Gasteiger partial charge in [0.15, 0.2) is 5.82 Å².